The number of benzene rings is 1. The summed E-state index contributed by atoms with van der Waals surface area (Å²) in [4.78, 5) is 28.7. The molecule has 3 aliphatic rings. The number of carbonyl (C=O) groups is 2. The van der Waals surface area contributed by atoms with Crippen LogP contribution in [0.4, 0.5) is 5.69 Å². The van der Waals surface area contributed by atoms with E-state index in [0.717, 1.165) is 37.3 Å². The van der Waals surface area contributed by atoms with Crippen LogP contribution in [-0.2, 0) is 16.1 Å². The zero-order valence-corrected chi connectivity index (χ0v) is 16.3. The molecular weight excluding hydrogens is 364 g/mol. The lowest BCUT2D eigenvalue weighted by atomic mass is 9.80. The van der Waals surface area contributed by atoms with Crippen molar-refractivity contribution in [1.29, 1.82) is 0 Å². The molecule has 3 fully saturated rings. The average Bonchev–Trinajstić information content (AvgIpc) is 3.40. The van der Waals surface area contributed by atoms with Gasteiger partial charge in [-0.1, -0.05) is 18.0 Å². The second-order valence-electron chi connectivity index (χ2n) is 8.19. The van der Waals surface area contributed by atoms with Gasteiger partial charge in [0.1, 0.15) is 0 Å². The third-order valence-corrected chi connectivity index (χ3v) is 6.73. The normalized spacial score (nSPS) is 23.7. The summed E-state index contributed by atoms with van der Waals surface area (Å²) in [6.07, 6.45) is 4.61. The Kier molecular flexibility index (Phi) is 5.03. The molecule has 2 saturated carbocycles. The molecule has 27 heavy (non-hydrogen) atoms. The highest BCUT2D eigenvalue weighted by atomic mass is 35.5. The summed E-state index contributed by atoms with van der Waals surface area (Å²) in [5, 5.41) is 3.54. The number of piperazine rings is 1. The second-order valence-corrected chi connectivity index (χ2v) is 8.63. The van der Waals surface area contributed by atoms with Crippen LogP contribution in [0.5, 0.6) is 0 Å². The molecule has 2 aliphatic carbocycles. The Morgan fingerprint density at radius 3 is 2.59 bits per heavy atom. The first-order chi connectivity index (χ1) is 13.0. The Morgan fingerprint density at radius 1 is 1.22 bits per heavy atom. The molecule has 4 rings (SSSR count). The fourth-order valence-corrected chi connectivity index (χ4v) is 4.60. The summed E-state index contributed by atoms with van der Waals surface area (Å²) in [6, 6.07) is 5.52. The quantitative estimate of drug-likeness (QED) is 0.752. The van der Waals surface area contributed by atoms with Gasteiger partial charge in [0, 0.05) is 49.4 Å². The van der Waals surface area contributed by atoms with E-state index >= 15 is 0 Å². The summed E-state index contributed by atoms with van der Waals surface area (Å²) in [7, 11) is 0. The molecule has 1 aliphatic heterocycles. The molecule has 1 heterocycles. The number of halogens is 1. The number of hydrogen-bond acceptors (Lipinski definition) is 4. The Labute approximate surface area is 165 Å². The van der Waals surface area contributed by atoms with Crippen LogP contribution >= 0.6 is 11.6 Å². The molecule has 0 bridgehead atoms. The van der Waals surface area contributed by atoms with Gasteiger partial charge in [0.15, 0.2) is 0 Å². The van der Waals surface area contributed by atoms with Crippen molar-refractivity contribution in [2.75, 3.05) is 38.5 Å². The average molecular weight is 391 g/mol. The van der Waals surface area contributed by atoms with Gasteiger partial charge in [-0.3, -0.25) is 14.5 Å². The first-order valence-electron chi connectivity index (χ1n) is 9.79. The Hall–Kier alpha value is -1.79. The highest BCUT2D eigenvalue weighted by Crippen LogP contribution is 2.65. The fourth-order valence-electron chi connectivity index (χ4n) is 4.41. The molecule has 3 N–H and O–H groups in total. The van der Waals surface area contributed by atoms with Crippen molar-refractivity contribution in [3.05, 3.63) is 28.8 Å². The molecule has 1 saturated heterocycles. The minimum Gasteiger partial charge on any atom is -0.398 e. The predicted molar refractivity (Wildman–Crippen MR) is 105 cm³/mol. The molecule has 1 aromatic carbocycles. The van der Waals surface area contributed by atoms with E-state index in [9.17, 15) is 9.59 Å². The third kappa shape index (κ3) is 3.92. The van der Waals surface area contributed by atoms with Crippen molar-refractivity contribution in [3.8, 4) is 0 Å². The van der Waals surface area contributed by atoms with Gasteiger partial charge >= 0.3 is 0 Å². The molecule has 1 unspecified atom stereocenters. The van der Waals surface area contributed by atoms with Gasteiger partial charge < -0.3 is 16.0 Å². The number of nitrogen functional groups attached to an aromatic ring is 1. The summed E-state index contributed by atoms with van der Waals surface area (Å²) >= 11 is 6.06. The predicted octanol–water partition coefficient (Wildman–Crippen LogP) is 1.87. The second kappa shape index (κ2) is 7.32. The summed E-state index contributed by atoms with van der Waals surface area (Å²) < 4.78 is 0. The van der Waals surface area contributed by atoms with Crippen LogP contribution < -0.4 is 11.1 Å². The highest BCUT2D eigenvalue weighted by Gasteiger charge is 2.60. The SMILES string of the molecule is Nc1ccc(Cl)cc1CN1CCN(C(=O)CNC(=O)C2CC23CCC3)CC1. The maximum atomic E-state index is 12.4. The molecule has 0 radical (unpaired) electrons. The molecule has 6 nitrogen and oxygen atoms in total. The summed E-state index contributed by atoms with van der Waals surface area (Å²) in [6.45, 7) is 3.77. The van der Waals surface area contributed by atoms with Crippen molar-refractivity contribution in [1.82, 2.24) is 15.1 Å². The Bertz CT molecular complexity index is 741. The van der Waals surface area contributed by atoms with Gasteiger partial charge in [-0.15, -0.1) is 0 Å². The lowest BCUT2D eigenvalue weighted by Gasteiger charge is -2.35. The Balaban J connectivity index is 1.20. The van der Waals surface area contributed by atoms with Gasteiger partial charge in [0.25, 0.3) is 0 Å². The number of hydrogen-bond donors (Lipinski definition) is 2. The number of rotatable bonds is 5. The standard InChI is InChI=1S/C20H27ClN4O2/c21-15-2-3-17(22)14(10-15)13-24-6-8-25(9-7-24)18(26)12-23-19(27)16-11-20(16)4-1-5-20/h2-3,10,16H,1,4-9,11-13,22H2,(H,23,27). The minimum absolute atomic E-state index is 0.00794. The van der Waals surface area contributed by atoms with Gasteiger partial charge in [-0.2, -0.15) is 0 Å². The lowest BCUT2D eigenvalue weighted by Crippen LogP contribution is -2.51. The number of nitrogens with two attached hydrogens (primary N) is 1. The first-order valence-corrected chi connectivity index (χ1v) is 10.2. The first kappa shape index (κ1) is 18.6. The van der Waals surface area contributed by atoms with Gasteiger partial charge in [-0.25, -0.2) is 0 Å². The lowest BCUT2D eigenvalue weighted by molar-refractivity contribution is -0.134. The number of anilines is 1. The number of carbonyl (C=O) groups excluding carboxylic acids is 2. The fraction of sp³-hybridized carbons (Fsp3) is 0.600. The van der Waals surface area contributed by atoms with Crippen LogP contribution in [0, 0.1) is 11.3 Å². The molecule has 1 aromatic rings. The molecule has 0 aromatic heterocycles. The zero-order valence-electron chi connectivity index (χ0n) is 15.5. The molecule has 1 spiro atoms. The van der Waals surface area contributed by atoms with Gasteiger partial charge in [0.05, 0.1) is 6.54 Å². The molecule has 7 heteroatoms. The molecule has 2 amide bonds. The van der Waals surface area contributed by atoms with E-state index < -0.39 is 0 Å². The molecule has 146 valence electrons. The molecular formula is C20H27ClN4O2. The minimum atomic E-state index is 0.00794. The summed E-state index contributed by atoms with van der Waals surface area (Å²) in [5.41, 5.74) is 8.09. The van der Waals surface area contributed by atoms with E-state index in [4.69, 9.17) is 17.3 Å². The van der Waals surface area contributed by atoms with Crippen molar-refractivity contribution < 1.29 is 9.59 Å². The molecule has 1 atom stereocenters. The van der Waals surface area contributed by atoms with Crippen molar-refractivity contribution >= 4 is 29.1 Å². The van der Waals surface area contributed by atoms with E-state index in [1.54, 1.807) is 6.07 Å². The van der Waals surface area contributed by atoms with Crippen LogP contribution in [-0.4, -0.2) is 54.3 Å². The van der Waals surface area contributed by atoms with Crippen LogP contribution in [0.1, 0.15) is 31.2 Å². The van der Waals surface area contributed by atoms with Crippen molar-refractivity contribution in [2.24, 2.45) is 11.3 Å². The van der Waals surface area contributed by atoms with Crippen molar-refractivity contribution in [2.45, 2.75) is 32.2 Å². The highest BCUT2D eigenvalue weighted by molar-refractivity contribution is 6.30. The van der Waals surface area contributed by atoms with E-state index in [1.807, 2.05) is 17.0 Å². The Morgan fingerprint density at radius 2 is 1.96 bits per heavy atom. The van der Waals surface area contributed by atoms with Crippen LogP contribution in [0.2, 0.25) is 5.02 Å². The summed E-state index contributed by atoms with van der Waals surface area (Å²) in [5.74, 6) is 0.228. The van der Waals surface area contributed by atoms with Gasteiger partial charge in [-0.05, 0) is 48.4 Å². The van der Waals surface area contributed by atoms with E-state index in [0.29, 0.717) is 23.5 Å². The maximum Gasteiger partial charge on any atom is 0.242 e. The van der Waals surface area contributed by atoms with E-state index in [1.165, 1.54) is 19.3 Å². The maximum absolute atomic E-state index is 12.4. The van der Waals surface area contributed by atoms with Crippen LogP contribution in [0.25, 0.3) is 0 Å². The van der Waals surface area contributed by atoms with Crippen LogP contribution in [0.3, 0.4) is 0 Å². The number of nitrogens with zero attached hydrogens (tertiary/aromatic N) is 2. The van der Waals surface area contributed by atoms with E-state index in [2.05, 4.69) is 10.2 Å². The smallest absolute Gasteiger partial charge is 0.242 e. The number of nitrogens with one attached hydrogen (secondary N) is 1. The largest absolute Gasteiger partial charge is 0.398 e. The van der Waals surface area contributed by atoms with Crippen molar-refractivity contribution in [3.63, 3.8) is 0 Å². The topological polar surface area (TPSA) is 78.7 Å². The van der Waals surface area contributed by atoms with Gasteiger partial charge in [0.2, 0.25) is 11.8 Å². The monoisotopic (exact) mass is 390 g/mol. The zero-order chi connectivity index (χ0) is 19.0. The number of amides is 2. The van der Waals surface area contributed by atoms with Crippen LogP contribution in [0.15, 0.2) is 18.2 Å². The third-order valence-electron chi connectivity index (χ3n) is 6.49. The van der Waals surface area contributed by atoms with E-state index in [-0.39, 0.29) is 24.3 Å².